The lowest BCUT2D eigenvalue weighted by atomic mass is 10.0. The molecule has 28 heavy (non-hydrogen) atoms. The molecule has 1 fully saturated rings. The summed E-state index contributed by atoms with van der Waals surface area (Å²) in [4.78, 5) is 27.3. The molecule has 2 aromatic carbocycles. The van der Waals surface area contributed by atoms with Crippen molar-refractivity contribution in [3.8, 4) is 0 Å². The summed E-state index contributed by atoms with van der Waals surface area (Å²) >= 11 is 0. The molecule has 146 valence electrons. The number of nitro benzene ring substituents is 1. The predicted octanol–water partition coefficient (Wildman–Crippen LogP) is 3.57. The second-order valence-electron chi connectivity index (χ2n) is 7.12. The van der Waals surface area contributed by atoms with Crippen molar-refractivity contribution in [3.63, 3.8) is 0 Å². The van der Waals surface area contributed by atoms with Crippen LogP contribution in [0.2, 0.25) is 0 Å². The maximum atomic E-state index is 12.5. The Hall–Kier alpha value is -2.99. The van der Waals surface area contributed by atoms with Gasteiger partial charge in [-0.2, -0.15) is 0 Å². The van der Waals surface area contributed by atoms with Gasteiger partial charge in [0.1, 0.15) is 0 Å². The van der Waals surface area contributed by atoms with Crippen molar-refractivity contribution in [2.75, 3.05) is 26.2 Å². The van der Waals surface area contributed by atoms with Gasteiger partial charge in [-0.15, -0.1) is 0 Å². The second-order valence-corrected chi connectivity index (χ2v) is 7.12. The molecule has 0 radical (unpaired) electrons. The van der Waals surface area contributed by atoms with E-state index >= 15 is 0 Å². The highest BCUT2D eigenvalue weighted by molar-refractivity contribution is 5.92. The normalized spacial score (nSPS) is 15.1. The maximum Gasteiger partial charge on any atom is 0.276 e. The summed E-state index contributed by atoms with van der Waals surface area (Å²) in [5.41, 5.74) is 4.40. The smallest absolute Gasteiger partial charge is 0.276 e. The zero-order valence-electron chi connectivity index (χ0n) is 16.3. The van der Waals surface area contributed by atoms with Gasteiger partial charge in [0.25, 0.3) is 5.69 Å². The molecular formula is C22H25N3O3. The fraction of sp³-hybridized carbons (Fsp3) is 0.318. The van der Waals surface area contributed by atoms with Crippen LogP contribution in [0, 0.1) is 24.0 Å². The lowest BCUT2D eigenvalue weighted by molar-refractivity contribution is -0.385. The minimum absolute atomic E-state index is 0.00460. The highest BCUT2D eigenvalue weighted by Crippen LogP contribution is 2.20. The van der Waals surface area contributed by atoms with Crippen LogP contribution in [0.3, 0.4) is 0 Å². The van der Waals surface area contributed by atoms with Gasteiger partial charge in [0.05, 0.1) is 10.5 Å². The summed E-state index contributed by atoms with van der Waals surface area (Å²) < 4.78 is 0. The van der Waals surface area contributed by atoms with Gasteiger partial charge in [0, 0.05) is 44.9 Å². The lowest BCUT2D eigenvalue weighted by Gasteiger charge is -2.34. The van der Waals surface area contributed by atoms with Gasteiger partial charge in [-0.1, -0.05) is 30.3 Å². The lowest BCUT2D eigenvalue weighted by Crippen LogP contribution is -2.47. The average molecular weight is 379 g/mol. The molecule has 1 aliphatic rings. The molecule has 1 aliphatic heterocycles. The topological polar surface area (TPSA) is 66.7 Å². The van der Waals surface area contributed by atoms with Crippen LogP contribution in [0.1, 0.15) is 22.3 Å². The number of aryl methyl sites for hydroxylation is 2. The molecule has 0 unspecified atom stereocenters. The minimum Gasteiger partial charge on any atom is -0.337 e. The van der Waals surface area contributed by atoms with E-state index in [0.29, 0.717) is 18.7 Å². The van der Waals surface area contributed by atoms with E-state index in [1.807, 2.05) is 0 Å². The largest absolute Gasteiger partial charge is 0.337 e. The second kappa shape index (κ2) is 8.80. The SMILES string of the molecule is Cc1cccc(C)c1CN1CCN(C(=O)/C=C/c2ccccc2[N+](=O)[O-])CC1. The maximum absolute atomic E-state index is 12.5. The summed E-state index contributed by atoms with van der Waals surface area (Å²) in [6.45, 7) is 8.12. The number of nitrogens with zero attached hydrogens (tertiary/aromatic N) is 3. The van der Waals surface area contributed by atoms with Crippen molar-refractivity contribution < 1.29 is 9.72 Å². The van der Waals surface area contributed by atoms with Crippen LogP contribution in [0.15, 0.2) is 48.5 Å². The summed E-state index contributed by atoms with van der Waals surface area (Å²) in [7, 11) is 0. The Morgan fingerprint density at radius 1 is 1.04 bits per heavy atom. The van der Waals surface area contributed by atoms with Crippen molar-refractivity contribution in [2.24, 2.45) is 0 Å². The molecule has 0 aromatic heterocycles. The van der Waals surface area contributed by atoms with E-state index < -0.39 is 4.92 Å². The highest BCUT2D eigenvalue weighted by atomic mass is 16.6. The monoisotopic (exact) mass is 379 g/mol. The van der Waals surface area contributed by atoms with Crippen LogP contribution in [0.25, 0.3) is 6.08 Å². The van der Waals surface area contributed by atoms with Crippen molar-refractivity contribution in [3.05, 3.63) is 80.9 Å². The van der Waals surface area contributed by atoms with E-state index in [9.17, 15) is 14.9 Å². The van der Waals surface area contributed by atoms with Crippen LogP contribution in [0.4, 0.5) is 5.69 Å². The fourth-order valence-corrected chi connectivity index (χ4v) is 3.51. The number of benzene rings is 2. The van der Waals surface area contributed by atoms with E-state index in [-0.39, 0.29) is 11.6 Å². The van der Waals surface area contributed by atoms with E-state index in [1.165, 1.54) is 34.9 Å². The van der Waals surface area contributed by atoms with Gasteiger partial charge in [-0.3, -0.25) is 19.8 Å². The van der Waals surface area contributed by atoms with E-state index in [1.54, 1.807) is 23.1 Å². The first-order valence-electron chi connectivity index (χ1n) is 9.43. The number of rotatable bonds is 5. The van der Waals surface area contributed by atoms with Gasteiger partial charge in [-0.25, -0.2) is 0 Å². The molecular weight excluding hydrogens is 354 g/mol. The number of para-hydroxylation sites is 1. The molecule has 6 nitrogen and oxygen atoms in total. The van der Waals surface area contributed by atoms with Gasteiger partial charge in [-0.05, 0) is 42.7 Å². The first-order chi connectivity index (χ1) is 13.5. The van der Waals surface area contributed by atoms with E-state index in [0.717, 1.165) is 19.6 Å². The van der Waals surface area contributed by atoms with Crippen molar-refractivity contribution >= 4 is 17.7 Å². The number of piperazine rings is 1. The molecule has 6 heteroatoms. The quantitative estimate of drug-likeness (QED) is 0.452. The van der Waals surface area contributed by atoms with Crippen LogP contribution in [-0.4, -0.2) is 46.8 Å². The van der Waals surface area contributed by atoms with Gasteiger partial charge >= 0.3 is 0 Å². The zero-order valence-corrected chi connectivity index (χ0v) is 16.3. The van der Waals surface area contributed by atoms with Crippen LogP contribution in [0.5, 0.6) is 0 Å². The Morgan fingerprint density at radius 3 is 2.32 bits per heavy atom. The van der Waals surface area contributed by atoms with Crippen molar-refractivity contribution in [1.82, 2.24) is 9.80 Å². The molecule has 0 aliphatic carbocycles. The molecule has 0 saturated carbocycles. The number of nitro groups is 1. The van der Waals surface area contributed by atoms with Gasteiger partial charge < -0.3 is 4.90 Å². The molecule has 2 aromatic rings. The Kier molecular flexibility index (Phi) is 6.21. The van der Waals surface area contributed by atoms with Gasteiger partial charge in [0.15, 0.2) is 0 Å². The molecule has 0 atom stereocenters. The summed E-state index contributed by atoms with van der Waals surface area (Å²) in [6, 6.07) is 12.8. The first-order valence-corrected chi connectivity index (χ1v) is 9.43. The molecule has 3 rings (SSSR count). The molecule has 1 amide bonds. The molecule has 1 heterocycles. The molecule has 0 N–H and O–H groups in total. The number of amides is 1. The third kappa shape index (κ3) is 4.64. The third-order valence-electron chi connectivity index (χ3n) is 5.25. The Morgan fingerprint density at radius 2 is 1.68 bits per heavy atom. The van der Waals surface area contributed by atoms with Crippen LogP contribution < -0.4 is 0 Å². The zero-order chi connectivity index (χ0) is 20.1. The first kappa shape index (κ1) is 19.8. The van der Waals surface area contributed by atoms with Gasteiger partial charge in [0.2, 0.25) is 5.91 Å². The highest BCUT2D eigenvalue weighted by Gasteiger charge is 2.20. The van der Waals surface area contributed by atoms with E-state index in [4.69, 9.17) is 0 Å². The number of hydrogen-bond donors (Lipinski definition) is 0. The Bertz CT molecular complexity index is 879. The van der Waals surface area contributed by atoms with Crippen LogP contribution in [-0.2, 0) is 11.3 Å². The molecule has 0 bridgehead atoms. The standard InChI is InChI=1S/C22H25N3O3/c1-17-6-5-7-18(2)20(17)16-23-12-14-24(15-13-23)22(26)11-10-19-8-3-4-9-21(19)25(27)28/h3-11H,12-16H2,1-2H3/b11-10+. The summed E-state index contributed by atoms with van der Waals surface area (Å²) in [5.74, 6) is -0.107. The Labute approximate surface area is 165 Å². The van der Waals surface area contributed by atoms with Crippen molar-refractivity contribution in [1.29, 1.82) is 0 Å². The average Bonchev–Trinajstić information content (AvgIpc) is 2.69. The van der Waals surface area contributed by atoms with Crippen molar-refractivity contribution in [2.45, 2.75) is 20.4 Å². The summed E-state index contributed by atoms with van der Waals surface area (Å²) in [6.07, 6.45) is 2.97. The number of carbonyl (C=O) groups excluding carboxylic acids is 1. The minimum atomic E-state index is -0.434. The van der Waals surface area contributed by atoms with Crippen LogP contribution >= 0.6 is 0 Å². The molecule has 1 saturated heterocycles. The third-order valence-corrected chi connectivity index (χ3v) is 5.25. The number of hydrogen-bond acceptors (Lipinski definition) is 4. The fourth-order valence-electron chi connectivity index (χ4n) is 3.51. The molecule has 0 spiro atoms. The summed E-state index contributed by atoms with van der Waals surface area (Å²) in [5, 5.41) is 11.1. The Balaban J connectivity index is 1.58. The van der Waals surface area contributed by atoms with E-state index in [2.05, 4.69) is 36.9 Å². The predicted molar refractivity (Wildman–Crippen MR) is 110 cm³/mol. The number of carbonyl (C=O) groups is 1.